The molecule has 2 N–H and O–H groups in total. The van der Waals surface area contributed by atoms with E-state index in [9.17, 15) is 0 Å². The molecular formula is C23H39N5. The van der Waals surface area contributed by atoms with E-state index in [0.717, 1.165) is 32.1 Å². The van der Waals surface area contributed by atoms with Crippen molar-refractivity contribution in [3.63, 3.8) is 0 Å². The van der Waals surface area contributed by atoms with Gasteiger partial charge < -0.3 is 20.4 Å². The summed E-state index contributed by atoms with van der Waals surface area (Å²) in [5, 5.41) is 7.02. The Labute approximate surface area is 171 Å². The van der Waals surface area contributed by atoms with E-state index in [1.165, 1.54) is 63.8 Å². The number of hydrogen-bond acceptors (Lipinski definition) is 3. The highest BCUT2D eigenvalue weighted by Crippen LogP contribution is 2.41. The zero-order valence-electron chi connectivity index (χ0n) is 17.9. The highest BCUT2D eigenvalue weighted by Gasteiger charge is 2.35. The van der Waals surface area contributed by atoms with Crippen LogP contribution < -0.4 is 10.6 Å². The van der Waals surface area contributed by atoms with Crippen molar-refractivity contribution in [1.82, 2.24) is 20.4 Å². The maximum atomic E-state index is 5.02. The normalized spacial score (nSPS) is 21.4. The Morgan fingerprint density at radius 3 is 2.54 bits per heavy atom. The van der Waals surface area contributed by atoms with Crippen LogP contribution in [0.2, 0.25) is 0 Å². The lowest BCUT2D eigenvalue weighted by Crippen LogP contribution is -2.43. The summed E-state index contributed by atoms with van der Waals surface area (Å²) in [6.07, 6.45) is 6.41. The predicted molar refractivity (Wildman–Crippen MR) is 119 cm³/mol. The molecule has 28 heavy (non-hydrogen) atoms. The third-order valence-corrected chi connectivity index (χ3v) is 6.36. The Balaban J connectivity index is 1.55. The minimum Gasteiger partial charge on any atom is -0.357 e. The third kappa shape index (κ3) is 5.95. The van der Waals surface area contributed by atoms with Crippen LogP contribution in [0.15, 0.2) is 35.3 Å². The second kappa shape index (κ2) is 10.8. The highest BCUT2D eigenvalue weighted by molar-refractivity contribution is 5.79. The van der Waals surface area contributed by atoms with E-state index in [2.05, 4.69) is 64.7 Å². The Morgan fingerprint density at radius 2 is 1.79 bits per heavy atom. The van der Waals surface area contributed by atoms with Gasteiger partial charge in [0.15, 0.2) is 5.96 Å². The monoisotopic (exact) mass is 385 g/mol. The zero-order chi connectivity index (χ0) is 19.7. The molecule has 1 aromatic carbocycles. The molecule has 0 atom stereocenters. The van der Waals surface area contributed by atoms with Crippen LogP contribution in [-0.4, -0.2) is 75.2 Å². The molecule has 1 aliphatic heterocycles. The fourth-order valence-corrected chi connectivity index (χ4v) is 4.61. The number of guanidine groups is 1. The highest BCUT2D eigenvalue weighted by atomic mass is 15.2. The van der Waals surface area contributed by atoms with Gasteiger partial charge in [-0.15, -0.1) is 0 Å². The van der Waals surface area contributed by atoms with Crippen LogP contribution in [0.3, 0.4) is 0 Å². The average Bonchev–Trinajstić information content (AvgIpc) is 3.11. The van der Waals surface area contributed by atoms with Crippen molar-refractivity contribution in [2.45, 2.75) is 44.4 Å². The molecule has 0 radical (unpaired) electrons. The van der Waals surface area contributed by atoms with E-state index in [4.69, 9.17) is 4.99 Å². The van der Waals surface area contributed by atoms with Crippen LogP contribution in [0.25, 0.3) is 0 Å². The maximum absolute atomic E-state index is 5.02. The van der Waals surface area contributed by atoms with Gasteiger partial charge in [0, 0.05) is 38.1 Å². The van der Waals surface area contributed by atoms with Crippen LogP contribution >= 0.6 is 0 Å². The van der Waals surface area contributed by atoms with Crippen molar-refractivity contribution in [2.24, 2.45) is 4.99 Å². The SMILES string of the molecule is CCNC(=NCC1(c2ccccc2)CCCC1)NCCN1CCCN(C)CC1. The Morgan fingerprint density at radius 1 is 1.00 bits per heavy atom. The molecule has 5 nitrogen and oxygen atoms in total. The van der Waals surface area contributed by atoms with Crippen LogP contribution in [0.5, 0.6) is 0 Å². The minimum atomic E-state index is 0.221. The summed E-state index contributed by atoms with van der Waals surface area (Å²) in [7, 11) is 2.23. The van der Waals surface area contributed by atoms with Gasteiger partial charge in [0.2, 0.25) is 0 Å². The van der Waals surface area contributed by atoms with E-state index >= 15 is 0 Å². The van der Waals surface area contributed by atoms with Crippen LogP contribution in [0, 0.1) is 0 Å². The van der Waals surface area contributed by atoms with Crippen LogP contribution in [0.4, 0.5) is 0 Å². The summed E-state index contributed by atoms with van der Waals surface area (Å²) in [5.74, 6) is 0.969. The van der Waals surface area contributed by atoms with E-state index in [0.29, 0.717) is 0 Å². The largest absolute Gasteiger partial charge is 0.357 e. The van der Waals surface area contributed by atoms with Crippen molar-refractivity contribution >= 4 is 5.96 Å². The van der Waals surface area contributed by atoms with E-state index < -0.39 is 0 Å². The van der Waals surface area contributed by atoms with Crippen molar-refractivity contribution in [2.75, 3.05) is 59.4 Å². The second-order valence-electron chi connectivity index (χ2n) is 8.47. The molecule has 0 amide bonds. The molecule has 2 aliphatic rings. The predicted octanol–water partition coefficient (Wildman–Crippen LogP) is 2.69. The number of nitrogens with zero attached hydrogens (tertiary/aromatic N) is 3. The fourth-order valence-electron chi connectivity index (χ4n) is 4.61. The lowest BCUT2D eigenvalue weighted by atomic mass is 9.79. The Hall–Kier alpha value is -1.59. The van der Waals surface area contributed by atoms with Gasteiger partial charge in [-0.3, -0.25) is 4.99 Å². The molecular weight excluding hydrogens is 346 g/mol. The summed E-state index contributed by atoms with van der Waals surface area (Å²) in [6, 6.07) is 11.0. The Kier molecular flexibility index (Phi) is 8.16. The molecule has 0 bridgehead atoms. The van der Waals surface area contributed by atoms with Gasteiger partial charge in [-0.05, 0) is 51.9 Å². The quantitative estimate of drug-likeness (QED) is 0.559. The first kappa shape index (κ1) is 21.1. The summed E-state index contributed by atoms with van der Waals surface area (Å²) in [4.78, 5) is 10.0. The summed E-state index contributed by atoms with van der Waals surface area (Å²) >= 11 is 0. The first-order valence-electron chi connectivity index (χ1n) is 11.2. The van der Waals surface area contributed by atoms with Gasteiger partial charge in [0.25, 0.3) is 0 Å². The molecule has 1 aromatic rings. The lowest BCUT2D eigenvalue weighted by molar-refractivity contribution is 0.280. The first-order valence-corrected chi connectivity index (χ1v) is 11.2. The standard InChI is InChI=1S/C23H39N5/c1-3-24-22(25-14-17-28-16-9-15-27(2)18-19-28)26-20-23(12-7-8-13-23)21-10-5-4-6-11-21/h4-6,10-11H,3,7-9,12-20H2,1-2H3,(H2,24,25,26). The molecule has 0 unspecified atom stereocenters. The molecule has 1 saturated heterocycles. The number of benzene rings is 1. The van der Waals surface area contributed by atoms with E-state index in [-0.39, 0.29) is 5.41 Å². The molecule has 2 fully saturated rings. The molecule has 1 saturated carbocycles. The molecule has 3 rings (SSSR count). The molecule has 1 heterocycles. The third-order valence-electron chi connectivity index (χ3n) is 6.36. The fraction of sp³-hybridized carbons (Fsp3) is 0.696. The molecule has 156 valence electrons. The minimum absolute atomic E-state index is 0.221. The average molecular weight is 386 g/mol. The Bertz CT molecular complexity index is 594. The van der Waals surface area contributed by atoms with Crippen LogP contribution in [-0.2, 0) is 5.41 Å². The smallest absolute Gasteiger partial charge is 0.191 e. The lowest BCUT2D eigenvalue weighted by Gasteiger charge is -2.28. The van der Waals surface area contributed by atoms with E-state index in [1.54, 1.807) is 0 Å². The van der Waals surface area contributed by atoms with Gasteiger partial charge >= 0.3 is 0 Å². The molecule has 1 aliphatic carbocycles. The van der Waals surface area contributed by atoms with Crippen molar-refractivity contribution in [3.8, 4) is 0 Å². The second-order valence-corrected chi connectivity index (χ2v) is 8.47. The number of nitrogens with one attached hydrogen (secondary N) is 2. The number of likely N-dealkylation sites (N-methyl/N-ethyl adjacent to an activating group) is 1. The van der Waals surface area contributed by atoms with Crippen molar-refractivity contribution < 1.29 is 0 Å². The van der Waals surface area contributed by atoms with Gasteiger partial charge in [-0.1, -0.05) is 43.2 Å². The number of hydrogen-bond donors (Lipinski definition) is 2. The van der Waals surface area contributed by atoms with E-state index in [1.807, 2.05) is 0 Å². The van der Waals surface area contributed by atoms with Gasteiger partial charge in [-0.25, -0.2) is 0 Å². The van der Waals surface area contributed by atoms with Crippen LogP contribution in [0.1, 0.15) is 44.6 Å². The summed E-state index contributed by atoms with van der Waals surface area (Å²) in [5.41, 5.74) is 1.68. The number of aliphatic imine (C=N–C) groups is 1. The van der Waals surface area contributed by atoms with Crippen molar-refractivity contribution in [3.05, 3.63) is 35.9 Å². The van der Waals surface area contributed by atoms with Gasteiger partial charge in [0.05, 0.1) is 6.54 Å². The summed E-state index contributed by atoms with van der Waals surface area (Å²) < 4.78 is 0. The maximum Gasteiger partial charge on any atom is 0.191 e. The number of rotatable bonds is 7. The molecule has 0 aromatic heterocycles. The van der Waals surface area contributed by atoms with Crippen molar-refractivity contribution in [1.29, 1.82) is 0 Å². The topological polar surface area (TPSA) is 42.9 Å². The van der Waals surface area contributed by atoms with Gasteiger partial charge in [-0.2, -0.15) is 0 Å². The first-order chi connectivity index (χ1) is 13.7. The zero-order valence-corrected chi connectivity index (χ0v) is 17.9. The molecule has 0 spiro atoms. The molecule has 5 heteroatoms. The van der Waals surface area contributed by atoms with Gasteiger partial charge in [0.1, 0.15) is 0 Å². The summed E-state index contributed by atoms with van der Waals surface area (Å²) in [6.45, 7) is 10.7.